The lowest BCUT2D eigenvalue weighted by molar-refractivity contribution is 0.922. The summed E-state index contributed by atoms with van der Waals surface area (Å²) in [6.07, 6.45) is 1.74. The van der Waals surface area contributed by atoms with Gasteiger partial charge in [-0.1, -0.05) is 18.2 Å². The number of nitrogens with two attached hydrogens (primary N) is 1. The van der Waals surface area contributed by atoms with Crippen molar-refractivity contribution in [2.45, 2.75) is 13.5 Å². The van der Waals surface area contributed by atoms with Gasteiger partial charge >= 0.3 is 0 Å². The van der Waals surface area contributed by atoms with Crippen LogP contribution in [0.1, 0.15) is 12.6 Å². The predicted octanol–water partition coefficient (Wildman–Crippen LogP) is 1.06. The van der Waals surface area contributed by atoms with E-state index in [1.165, 1.54) is 0 Å². The van der Waals surface area contributed by atoms with Crippen LogP contribution in [0, 0.1) is 0 Å². The van der Waals surface area contributed by atoms with E-state index in [-0.39, 0.29) is 0 Å². The summed E-state index contributed by atoms with van der Waals surface area (Å²) in [4.78, 5) is 8.28. The Morgan fingerprint density at radius 2 is 2.40 bits per heavy atom. The maximum Gasteiger partial charge on any atom is 0.189 e. The first kappa shape index (κ1) is 11.2. The molecule has 15 heavy (non-hydrogen) atoms. The Labute approximate surface area is 89.9 Å². The van der Waals surface area contributed by atoms with Crippen molar-refractivity contribution in [3.05, 3.63) is 42.2 Å². The predicted molar refractivity (Wildman–Crippen MR) is 62.4 cm³/mol. The molecular formula is C11H16N4. The zero-order valence-electron chi connectivity index (χ0n) is 8.90. The van der Waals surface area contributed by atoms with Crippen LogP contribution in [-0.2, 0) is 6.54 Å². The Bertz CT molecular complexity index is 343. The van der Waals surface area contributed by atoms with E-state index in [2.05, 4.69) is 21.9 Å². The Hall–Kier alpha value is -1.84. The summed E-state index contributed by atoms with van der Waals surface area (Å²) in [5.41, 5.74) is 7.56. The van der Waals surface area contributed by atoms with E-state index < -0.39 is 0 Å². The molecule has 0 aliphatic heterocycles. The average Bonchev–Trinajstić information content (AvgIpc) is 2.25. The summed E-state index contributed by atoms with van der Waals surface area (Å²) in [7, 11) is 0. The van der Waals surface area contributed by atoms with Crippen LogP contribution >= 0.6 is 0 Å². The second-order valence-corrected chi connectivity index (χ2v) is 3.33. The molecule has 0 unspecified atom stereocenters. The minimum absolute atomic E-state index is 0.420. The van der Waals surface area contributed by atoms with Gasteiger partial charge in [-0.15, -0.1) is 0 Å². The standard InChI is InChI=1S/C11H16N4/c1-9(2)7-14-11(12)15-8-10-5-3-4-6-13-10/h3-6H,1,7-8H2,2H3,(H3,12,14,15). The van der Waals surface area contributed by atoms with E-state index in [1.54, 1.807) is 6.20 Å². The SMILES string of the molecule is C=C(C)CNC(N)=NCc1ccccn1. The minimum Gasteiger partial charge on any atom is -0.370 e. The van der Waals surface area contributed by atoms with Crippen LogP contribution in [0.5, 0.6) is 0 Å². The molecule has 80 valence electrons. The molecule has 1 aromatic rings. The molecule has 3 N–H and O–H groups in total. The van der Waals surface area contributed by atoms with Crippen LogP contribution in [0.4, 0.5) is 0 Å². The summed E-state index contributed by atoms with van der Waals surface area (Å²) < 4.78 is 0. The summed E-state index contributed by atoms with van der Waals surface area (Å²) in [5, 5.41) is 2.95. The van der Waals surface area contributed by atoms with Gasteiger partial charge < -0.3 is 11.1 Å². The lowest BCUT2D eigenvalue weighted by Crippen LogP contribution is -2.32. The van der Waals surface area contributed by atoms with E-state index in [4.69, 9.17) is 5.73 Å². The van der Waals surface area contributed by atoms with Crippen LogP contribution in [0.3, 0.4) is 0 Å². The lowest BCUT2D eigenvalue weighted by atomic mass is 10.3. The number of aromatic nitrogens is 1. The number of aliphatic imine (C=N–C) groups is 1. The van der Waals surface area contributed by atoms with Crippen molar-refractivity contribution in [2.75, 3.05) is 6.54 Å². The van der Waals surface area contributed by atoms with Gasteiger partial charge in [0.2, 0.25) is 0 Å². The van der Waals surface area contributed by atoms with Crippen LogP contribution in [0.2, 0.25) is 0 Å². The topological polar surface area (TPSA) is 63.3 Å². The second kappa shape index (κ2) is 5.80. The average molecular weight is 204 g/mol. The highest BCUT2D eigenvalue weighted by molar-refractivity contribution is 5.77. The number of nitrogens with zero attached hydrogens (tertiary/aromatic N) is 2. The van der Waals surface area contributed by atoms with Gasteiger partial charge in [-0.05, 0) is 19.1 Å². The van der Waals surface area contributed by atoms with Crippen molar-refractivity contribution in [1.82, 2.24) is 10.3 Å². The molecular weight excluding hydrogens is 188 g/mol. The lowest BCUT2D eigenvalue weighted by Gasteiger charge is -2.04. The van der Waals surface area contributed by atoms with Gasteiger partial charge in [-0.3, -0.25) is 4.98 Å². The van der Waals surface area contributed by atoms with Crippen LogP contribution in [0.25, 0.3) is 0 Å². The molecule has 1 heterocycles. The van der Waals surface area contributed by atoms with Gasteiger partial charge in [0.25, 0.3) is 0 Å². The number of hydrogen-bond donors (Lipinski definition) is 2. The fraction of sp³-hybridized carbons (Fsp3) is 0.273. The van der Waals surface area contributed by atoms with Gasteiger partial charge in [0, 0.05) is 12.7 Å². The largest absolute Gasteiger partial charge is 0.370 e. The second-order valence-electron chi connectivity index (χ2n) is 3.33. The van der Waals surface area contributed by atoms with E-state index in [1.807, 2.05) is 25.1 Å². The monoisotopic (exact) mass is 204 g/mol. The first-order chi connectivity index (χ1) is 7.18. The van der Waals surface area contributed by atoms with E-state index in [0.29, 0.717) is 19.0 Å². The van der Waals surface area contributed by atoms with E-state index in [9.17, 15) is 0 Å². The van der Waals surface area contributed by atoms with Crippen molar-refractivity contribution in [1.29, 1.82) is 0 Å². The Balaban J connectivity index is 2.40. The molecule has 0 atom stereocenters. The van der Waals surface area contributed by atoms with Gasteiger partial charge in [0.1, 0.15) is 0 Å². The van der Waals surface area contributed by atoms with Gasteiger partial charge in [-0.25, -0.2) is 4.99 Å². The number of hydrogen-bond acceptors (Lipinski definition) is 2. The van der Waals surface area contributed by atoms with Gasteiger partial charge in [-0.2, -0.15) is 0 Å². The van der Waals surface area contributed by atoms with Crippen LogP contribution < -0.4 is 11.1 Å². The fourth-order valence-electron chi connectivity index (χ4n) is 0.955. The van der Waals surface area contributed by atoms with Crippen molar-refractivity contribution < 1.29 is 0 Å². The number of pyridine rings is 1. The molecule has 0 saturated carbocycles. The molecule has 0 fully saturated rings. The molecule has 0 radical (unpaired) electrons. The maximum absolute atomic E-state index is 5.64. The molecule has 0 saturated heterocycles. The fourth-order valence-corrected chi connectivity index (χ4v) is 0.955. The highest BCUT2D eigenvalue weighted by Gasteiger charge is 1.93. The Kier molecular flexibility index (Phi) is 4.34. The number of guanidine groups is 1. The third kappa shape index (κ3) is 4.81. The smallest absolute Gasteiger partial charge is 0.189 e. The highest BCUT2D eigenvalue weighted by Crippen LogP contribution is 1.94. The normalized spacial score (nSPS) is 11.1. The molecule has 0 aromatic carbocycles. The van der Waals surface area contributed by atoms with Gasteiger partial charge in [0.05, 0.1) is 12.2 Å². The molecule has 0 bridgehead atoms. The van der Waals surface area contributed by atoms with Crippen LogP contribution in [0.15, 0.2) is 41.5 Å². The summed E-state index contributed by atoms with van der Waals surface area (Å²) in [6, 6.07) is 5.71. The summed E-state index contributed by atoms with van der Waals surface area (Å²) in [6.45, 7) is 6.84. The van der Waals surface area contributed by atoms with E-state index in [0.717, 1.165) is 11.3 Å². The Morgan fingerprint density at radius 3 is 3.00 bits per heavy atom. The summed E-state index contributed by atoms with van der Waals surface area (Å²) in [5.74, 6) is 0.420. The van der Waals surface area contributed by atoms with Crippen molar-refractivity contribution in [3.8, 4) is 0 Å². The molecule has 1 rings (SSSR count). The summed E-state index contributed by atoms with van der Waals surface area (Å²) >= 11 is 0. The van der Waals surface area contributed by atoms with Gasteiger partial charge in [0.15, 0.2) is 5.96 Å². The first-order valence-corrected chi connectivity index (χ1v) is 4.76. The molecule has 0 amide bonds. The molecule has 4 heteroatoms. The highest BCUT2D eigenvalue weighted by atomic mass is 15.1. The minimum atomic E-state index is 0.420. The van der Waals surface area contributed by atoms with Crippen LogP contribution in [-0.4, -0.2) is 17.5 Å². The maximum atomic E-state index is 5.64. The zero-order chi connectivity index (χ0) is 11.1. The van der Waals surface area contributed by atoms with Crippen molar-refractivity contribution in [2.24, 2.45) is 10.7 Å². The molecule has 0 aliphatic carbocycles. The molecule has 0 spiro atoms. The third-order valence-electron chi connectivity index (χ3n) is 1.71. The van der Waals surface area contributed by atoms with Crippen molar-refractivity contribution in [3.63, 3.8) is 0 Å². The molecule has 4 nitrogen and oxygen atoms in total. The van der Waals surface area contributed by atoms with E-state index >= 15 is 0 Å². The van der Waals surface area contributed by atoms with Crippen molar-refractivity contribution >= 4 is 5.96 Å². The number of nitrogens with one attached hydrogen (secondary N) is 1. The number of rotatable bonds is 4. The first-order valence-electron chi connectivity index (χ1n) is 4.76. The quantitative estimate of drug-likeness (QED) is 0.438. The zero-order valence-corrected chi connectivity index (χ0v) is 8.90. The third-order valence-corrected chi connectivity index (χ3v) is 1.71. The molecule has 0 aliphatic rings. The molecule has 1 aromatic heterocycles. The Morgan fingerprint density at radius 1 is 1.60 bits per heavy atom.